The van der Waals surface area contributed by atoms with Crippen LogP contribution in [-0.2, 0) is 15.9 Å². The third-order valence-corrected chi connectivity index (χ3v) is 6.92. The maximum absolute atomic E-state index is 11.8. The Hall–Kier alpha value is -2.32. The summed E-state index contributed by atoms with van der Waals surface area (Å²) in [5.74, 6) is 0.617. The second-order valence-electron chi connectivity index (χ2n) is 9.05. The van der Waals surface area contributed by atoms with E-state index in [1.54, 1.807) is 0 Å². The van der Waals surface area contributed by atoms with Crippen LogP contribution in [0, 0.1) is 0 Å². The Morgan fingerprint density at radius 1 is 1.31 bits per heavy atom. The van der Waals surface area contributed by atoms with E-state index >= 15 is 0 Å². The number of anilines is 1. The molecular formula is C19H32N6O6Si. The van der Waals surface area contributed by atoms with Crippen molar-refractivity contribution in [2.45, 2.75) is 63.1 Å². The normalized spacial score (nSPS) is 23.6. The maximum Gasteiger partial charge on any atom is 0.407 e. The molecule has 3 heterocycles. The topological polar surface area (TPSA) is 178 Å². The molecule has 1 amide bonds. The van der Waals surface area contributed by atoms with Crippen LogP contribution in [0.1, 0.15) is 18.5 Å². The zero-order valence-corrected chi connectivity index (χ0v) is 19.6. The zero-order chi connectivity index (χ0) is 23.5. The number of carbonyl (C=O) groups excluding carboxylic acids is 1. The second kappa shape index (κ2) is 10.1. The number of nitrogen functional groups attached to an aromatic ring is 1. The summed E-state index contributed by atoms with van der Waals surface area (Å²) in [5, 5.41) is 32.3. The molecule has 4 atom stereocenters. The average molecular weight is 469 g/mol. The molecule has 13 heteroatoms. The van der Waals surface area contributed by atoms with Crippen molar-refractivity contribution in [1.82, 2.24) is 24.8 Å². The largest absolute Gasteiger partial charge is 0.450 e. The molecule has 0 aliphatic carbocycles. The molecule has 0 radical (unpaired) electrons. The lowest BCUT2D eigenvalue weighted by atomic mass is 10.1. The van der Waals surface area contributed by atoms with Crippen LogP contribution in [0.4, 0.5) is 10.6 Å². The predicted molar refractivity (Wildman–Crippen MR) is 119 cm³/mol. The highest BCUT2D eigenvalue weighted by molar-refractivity contribution is 6.76. The minimum atomic E-state index is -1.26. The van der Waals surface area contributed by atoms with E-state index < -0.39 is 45.3 Å². The fourth-order valence-corrected chi connectivity index (χ4v) is 4.05. The second-order valence-corrected chi connectivity index (χ2v) is 14.7. The number of amides is 1. The Labute approximate surface area is 186 Å². The molecule has 1 fully saturated rings. The Bertz CT molecular complexity index is 935. The molecule has 0 saturated carbocycles. The van der Waals surface area contributed by atoms with Crippen LogP contribution in [0.3, 0.4) is 0 Å². The van der Waals surface area contributed by atoms with E-state index in [1.165, 1.54) is 10.9 Å². The molecule has 32 heavy (non-hydrogen) atoms. The quantitative estimate of drug-likeness (QED) is 0.249. The van der Waals surface area contributed by atoms with Gasteiger partial charge in [-0.05, 0) is 12.5 Å². The van der Waals surface area contributed by atoms with E-state index in [0.717, 1.165) is 6.04 Å². The van der Waals surface area contributed by atoms with Gasteiger partial charge in [-0.15, -0.1) is 0 Å². The van der Waals surface area contributed by atoms with Crippen molar-refractivity contribution >= 4 is 31.1 Å². The van der Waals surface area contributed by atoms with Crippen molar-refractivity contribution in [2.24, 2.45) is 0 Å². The number of aliphatic hydroxyl groups excluding tert-OH is 3. The van der Waals surface area contributed by atoms with Crippen molar-refractivity contribution < 1.29 is 29.6 Å². The van der Waals surface area contributed by atoms with Gasteiger partial charge in [-0.25, -0.2) is 19.7 Å². The lowest BCUT2D eigenvalue weighted by Crippen LogP contribution is -2.33. The highest BCUT2D eigenvalue weighted by Gasteiger charge is 2.44. The number of aryl methyl sites for hydroxylation is 1. The van der Waals surface area contributed by atoms with Crippen molar-refractivity contribution in [3.63, 3.8) is 0 Å². The number of aliphatic hydroxyl groups is 3. The molecule has 1 aliphatic heterocycles. The lowest BCUT2D eigenvalue weighted by molar-refractivity contribution is -0.0511. The molecule has 3 rings (SSSR count). The number of carbonyl (C=O) groups is 1. The van der Waals surface area contributed by atoms with E-state index in [-0.39, 0.29) is 5.82 Å². The van der Waals surface area contributed by atoms with Gasteiger partial charge in [0.15, 0.2) is 17.7 Å². The molecular weight excluding hydrogens is 436 g/mol. The molecule has 0 aromatic carbocycles. The third kappa shape index (κ3) is 5.72. The van der Waals surface area contributed by atoms with Gasteiger partial charge >= 0.3 is 6.09 Å². The van der Waals surface area contributed by atoms with Gasteiger partial charge in [0.2, 0.25) is 0 Å². The minimum absolute atomic E-state index is 0.175. The first-order chi connectivity index (χ1) is 15.1. The number of hydrogen-bond donors (Lipinski definition) is 5. The fourth-order valence-electron chi connectivity index (χ4n) is 3.33. The first kappa shape index (κ1) is 24.3. The summed E-state index contributed by atoms with van der Waals surface area (Å²) in [7, 11) is -1.25. The smallest absolute Gasteiger partial charge is 0.407 e. The van der Waals surface area contributed by atoms with E-state index in [0.29, 0.717) is 43.0 Å². The minimum Gasteiger partial charge on any atom is -0.450 e. The first-order valence-electron chi connectivity index (χ1n) is 10.6. The van der Waals surface area contributed by atoms with E-state index in [2.05, 4.69) is 39.9 Å². The van der Waals surface area contributed by atoms with Gasteiger partial charge in [-0.2, -0.15) is 0 Å². The number of imidazole rings is 1. The Morgan fingerprint density at radius 3 is 2.72 bits per heavy atom. The summed E-state index contributed by atoms with van der Waals surface area (Å²) in [4.78, 5) is 24.7. The first-order valence-corrected chi connectivity index (χ1v) is 14.3. The van der Waals surface area contributed by atoms with Crippen LogP contribution in [-0.4, -0.2) is 87.1 Å². The molecule has 0 bridgehead atoms. The van der Waals surface area contributed by atoms with Crippen LogP contribution >= 0.6 is 0 Å². The molecule has 0 spiro atoms. The number of aromatic nitrogens is 4. The molecule has 6 N–H and O–H groups in total. The number of nitrogens with one attached hydrogen (secondary N) is 1. The molecule has 2 aromatic heterocycles. The summed E-state index contributed by atoms with van der Waals surface area (Å²) in [6.45, 7) is 7.03. The molecule has 12 nitrogen and oxygen atoms in total. The number of alkyl carbamates (subject to hydrolysis) is 1. The highest BCUT2D eigenvalue weighted by atomic mass is 28.3. The van der Waals surface area contributed by atoms with Gasteiger partial charge in [0, 0.05) is 21.0 Å². The lowest BCUT2D eigenvalue weighted by Gasteiger charge is -2.16. The Morgan fingerprint density at radius 2 is 2.06 bits per heavy atom. The van der Waals surface area contributed by atoms with Crippen molar-refractivity contribution in [3.8, 4) is 0 Å². The predicted octanol–water partition coefficient (Wildman–Crippen LogP) is 0.0170. The molecule has 1 aliphatic rings. The SMILES string of the molecule is C[Si](C)(C)CCOC(=O)NCCCc1nc(N)c2ncn([C@@H]3O[C@H](CO)[C@@H](O)[C@H]3O)c2n1. The molecule has 1 saturated heterocycles. The molecule has 0 unspecified atom stereocenters. The number of hydrogen-bond acceptors (Lipinski definition) is 10. The van der Waals surface area contributed by atoms with Crippen LogP contribution < -0.4 is 11.1 Å². The maximum atomic E-state index is 11.8. The number of nitrogens with zero attached hydrogens (tertiary/aromatic N) is 4. The van der Waals surface area contributed by atoms with Crippen LogP contribution in [0.25, 0.3) is 11.2 Å². The van der Waals surface area contributed by atoms with Gasteiger partial charge in [-0.3, -0.25) is 4.57 Å². The van der Waals surface area contributed by atoms with Gasteiger partial charge in [-0.1, -0.05) is 19.6 Å². The Balaban J connectivity index is 1.59. The van der Waals surface area contributed by atoms with E-state index in [1.807, 2.05) is 0 Å². The number of rotatable bonds is 9. The van der Waals surface area contributed by atoms with E-state index in [9.17, 15) is 20.1 Å². The summed E-state index contributed by atoms with van der Waals surface area (Å²) < 4.78 is 12.2. The van der Waals surface area contributed by atoms with Gasteiger partial charge in [0.1, 0.15) is 29.7 Å². The molecule has 2 aromatic rings. The highest BCUT2D eigenvalue weighted by Crippen LogP contribution is 2.32. The molecule has 178 valence electrons. The van der Waals surface area contributed by atoms with Gasteiger partial charge in [0.05, 0.1) is 19.5 Å². The summed E-state index contributed by atoms with van der Waals surface area (Å²) in [5.41, 5.74) is 6.71. The third-order valence-electron chi connectivity index (χ3n) is 5.22. The number of fused-ring (bicyclic) bond motifs is 1. The monoisotopic (exact) mass is 468 g/mol. The van der Waals surface area contributed by atoms with Crippen LogP contribution in [0.5, 0.6) is 0 Å². The zero-order valence-electron chi connectivity index (χ0n) is 18.6. The number of ether oxygens (including phenoxy) is 2. The summed E-state index contributed by atoms with van der Waals surface area (Å²) in [6.07, 6.45) is -2.42. The van der Waals surface area contributed by atoms with Crippen molar-refractivity contribution in [3.05, 3.63) is 12.2 Å². The fraction of sp³-hybridized carbons (Fsp3) is 0.684. The van der Waals surface area contributed by atoms with Gasteiger partial charge in [0.25, 0.3) is 0 Å². The van der Waals surface area contributed by atoms with Crippen LogP contribution in [0.15, 0.2) is 6.33 Å². The standard InChI is InChI=1S/C19H32N6O6Si/c1-32(2,3)8-7-30-19(29)21-6-4-5-12-23-16(20)13-17(24-12)25(10-22-13)18-15(28)14(27)11(9-26)31-18/h10-11,14-15,18,26-28H,4-9H2,1-3H3,(H,21,29)(H2,20,23,24)/t11-,14-,15-,18-/m1/s1. The summed E-state index contributed by atoms with van der Waals surface area (Å²) in [6, 6.07) is 0.913. The average Bonchev–Trinajstić information content (AvgIpc) is 3.26. The van der Waals surface area contributed by atoms with Crippen LogP contribution in [0.2, 0.25) is 25.7 Å². The Kier molecular flexibility index (Phi) is 7.66. The van der Waals surface area contributed by atoms with E-state index in [4.69, 9.17) is 15.2 Å². The van der Waals surface area contributed by atoms with Crippen molar-refractivity contribution in [2.75, 3.05) is 25.5 Å². The number of nitrogens with two attached hydrogens (primary N) is 1. The van der Waals surface area contributed by atoms with Crippen molar-refractivity contribution in [1.29, 1.82) is 0 Å². The van der Waals surface area contributed by atoms with Gasteiger partial charge < -0.3 is 35.8 Å². The summed E-state index contributed by atoms with van der Waals surface area (Å²) >= 11 is 0.